The molecule has 2 atom stereocenters. The monoisotopic (exact) mass is 334 g/mol. The summed E-state index contributed by atoms with van der Waals surface area (Å²) in [6, 6.07) is 1.92. The lowest BCUT2D eigenvalue weighted by Crippen LogP contribution is -2.46. The highest BCUT2D eigenvalue weighted by atomic mass is 79.9. The minimum atomic E-state index is -1.15. The highest BCUT2D eigenvalue weighted by Crippen LogP contribution is 2.27. The number of hydrogen-bond acceptors (Lipinski definition) is 4. The number of halogens is 1. The summed E-state index contributed by atoms with van der Waals surface area (Å²) >= 11 is 2.22. The molecule has 1 aromatic rings. The Labute approximate surface area is 120 Å². The summed E-state index contributed by atoms with van der Waals surface area (Å²) < 4.78 is 15.9. The zero-order chi connectivity index (χ0) is 13.8. The molecule has 1 heterocycles. The minimum Gasteiger partial charge on any atom is -0.598 e. The predicted molar refractivity (Wildman–Crippen MR) is 77.4 cm³/mol. The first kappa shape index (κ1) is 15.9. The van der Waals surface area contributed by atoms with Gasteiger partial charge in [-0.05, 0) is 54.8 Å². The summed E-state index contributed by atoms with van der Waals surface area (Å²) in [5, 5.41) is 9.23. The van der Waals surface area contributed by atoms with Crippen LogP contribution in [0, 0.1) is 0 Å². The Morgan fingerprint density at radius 3 is 2.72 bits per heavy atom. The molecule has 102 valence electrons. The summed E-state index contributed by atoms with van der Waals surface area (Å²) in [5.74, 6) is 0. The maximum Gasteiger partial charge on any atom is 0.129 e. The van der Waals surface area contributed by atoms with Gasteiger partial charge in [0.1, 0.15) is 5.25 Å². The lowest BCUT2D eigenvalue weighted by Gasteiger charge is -2.31. The molecule has 0 saturated heterocycles. The third-order valence-corrected chi connectivity index (χ3v) is 4.65. The minimum absolute atomic E-state index is 0.0168. The predicted octanol–water partition coefficient (Wildman–Crippen LogP) is 2.10. The van der Waals surface area contributed by atoms with E-state index in [1.165, 1.54) is 0 Å². The highest BCUT2D eigenvalue weighted by molar-refractivity contribution is 9.10. The molecule has 2 N–H and O–H groups in total. The fourth-order valence-electron chi connectivity index (χ4n) is 1.53. The van der Waals surface area contributed by atoms with Gasteiger partial charge in [0.05, 0.1) is 5.54 Å². The Balaban J connectivity index is 2.99. The van der Waals surface area contributed by atoms with Crippen molar-refractivity contribution in [3.63, 3.8) is 0 Å². The Morgan fingerprint density at radius 2 is 2.22 bits per heavy atom. The fourth-order valence-corrected chi connectivity index (χ4v) is 2.80. The van der Waals surface area contributed by atoms with Crippen LogP contribution in [0.1, 0.15) is 32.8 Å². The zero-order valence-corrected chi connectivity index (χ0v) is 13.2. The van der Waals surface area contributed by atoms with Gasteiger partial charge in [-0.1, -0.05) is 0 Å². The van der Waals surface area contributed by atoms with Crippen LogP contribution in [-0.2, 0) is 16.9 Å². The molecule has 0 unspecified atom stereocenters. The third kappa shape index (κ3) is 4.20. The highest BCUT2D eigenvalue weighted by Gasteiger charge is 2.32. The van der Waals surface area contributed by atoms with E-state index in [9.17, 15) is 9.66 Å². The van der Waals surface area contributed by atoms with Gasteiger partial charge in [0, 0.05) is 34.8 Å². The first-order valence-corrected chi connectivity index (χ1v) is 7.80. The molecule has 1 aromatic heterocycles. The van der Waals surface area contributed by atoms with Crippen molar-refractivity contribution in [2.24, 2.45) is 0 Å². The van der Waals surface area contributed by atoms with E-state index >= 15 is 0 Å². The molecule has 6 heteroatoms. The molecule has 0 radical (unpaired) electrons. The standard InChI is InChI=1S/C12H19BrN2O2S/c1-9(2)18(17)15-12(3,4-5-16)10-6-11(13)8-14-7-10/h6-9,15-16H,4-5H2,1-3H3/t12-,18+/m0/s1. The third-order valence-electron chi connectivity index (χ3n) is 2.71. The largest absolute Gasteiger partial charge is 0.598 e. The van der Waals surface area contributed by atoms with E-state index in [1.807, 2.05) is 26.8 Å². The van der Waals surface area contributed by atoms with E-state index < -0.39 is 16.9 Å². The van der Waals surface area contributed by atoms with E-state index in [1.54, 1.807) is 12.4 Å². The number of aliphatic hydroxyl groups is 1. The van der Waals surface area contributed by atoms with Crippen molar-refractivity contribution < 1.29 is 9.66 Å². The molecule has 0 aromatic carbocycles. The summed E-state index contributed by atoms with van der Waals surface area (Å²) in [6.45, 7) is 5.72. The van der Waals surface area contributed by atoms with Gasteiger partial charge in [0.25, 0.3) is 0 Å². The summed E-state index contributed by atoms with van der Waals surface area (Å²) in [5.41, 5.74) is 0.348. The van der Waals surface area contributed by atoms with Gasteiger partial charge in [-0.2, -0.15) is 0 Å². The number of aliphatic hydroxyl groups excluding tert-OH is 1. The molecule has 4 nitrogen and oxygen atoms in total. The van der Waals surface area contributed by atoms with Gasteiger partial charge in [-0.15, -0.1) is 4.72 Å². The van der Waals surface area contributed by atoms with E-state index in [2.05, 4.69) is 25.6 Å². The lowest BCUT2D eigenvalue weighted by molar-refractivity contribution is 0.237. The first-order valence-electron chi connectivity index (χ1n) is 5.79. The SMILES string of the molecule is CC(C)[S@@+]([O-])N[C@@](C)(CCO)c1cncc(Br)c1. The quantitative estimate of drug-likeness (QED) is 0.782. The number of rotatable bonds is 6. The number of nitrogens with zero attached hydrogens (tertiary/aromatic N) is 1. The molecule has 0 amide bonds. The van der Waals surface area contributed by atoms with E-state index in [-0.39, 0.29) is 11.9 Å². The Bertz CT molecular complexity index is 392. The fraction of sp³-hybridized carbons (Fsp3) is 0.583. The van der Waals surface area contributed by atoms with Crippen LogP contribution in [0.5, 0.6) is 0 Å². The summed E-state index contributed by atoms with van der Waals surface area (Å²) in [7, 11) is 0. The van der Waals surface area contributed by atoms with Gasteiger partial charge in [-0.25, -0.2) is 0 Å². The molecule has 0 aliphatic rings. The van der Waals surface area contributed by atoms with Crippen LogP contribution in [0.3, 0.4) is 0 Å². The molecule has 1 rings (SSSR count). The second-order valence-electron chi connectivity index (χ2n) is 4.65. The number of pyridine rings is 1. The maximum absolute atomic E-state index is 12.0. The van der Waals surface area contributed by atoms with Crippen LogP contribution in [0.4, 0.5) is 0 Å². The molecule has 0 fully saturated rings. The van der Waals surface area contributed by atoms with Crippen LogP contribution in [0.2, 0.25) is 0 Å². The average molecular weight is 335 g/mol. The molecular formula is C12H19BrN2O2S. The lowest BCUT2D eigenvalue weighted by atomic mass is 9.91. The van der Waals surface area contributed by atoms with Crippen molar-refractivity contribution in [2.45, 2.75) is 38.0 Å². The van der Waals surface area contributed by atoms with Crippen LogP contribution in [0.25, 0.3) is 0 Å². The maximum atomic E-state index is 12.0. The number of hydrogen-bond donors (Lipinski definition) is 2. The van der Waals surface area contributed by atoms with Gasteiger partial charge in [0.2, 0.25) is 0 Å². The van der Waals surface area contributed by atoms with Crippen molar-refractivity contribution in [3.05, 3.63) is 28.5 Å². The van der Waals surface area contributed by atoms with Crippen LogP contribution in [0.15, 0.2) is 22.9 Å². The van der Waals surface area contributed by atoms with Crippen LogP contribution in [-0.4, -0.2) is 26.5 Å². The van der Waals surface area contributed by atoms with Gasteiger partial charge in [0.15, 0.2) is 0 Å². The molecule has 0 aliphatic heterocycles. The van der Waals surface area contributed by atoms with Gasteiger partial charge in [-0.3, -0.25) is 4.98 Å². The van der Waals surface area contributed by atoms with Crippen molar-refractivity contribution in [1.29, 1.82) is 0 Å². The molecule has 0 aliphatic carbocycles. The Morgan fingerprint density at radius 1 is 1.56 bits per heavy atom. The molecule has 0 saturated carbocycles. The van der Waals surface area contributed by atoms with Gasteiger partial charge < -0.3 is 9.66 Å². The second kappa shape index (κ2) is 6.86. The van der Waals surface area contributed by atoms with Crippen molar-refractivity contribution in [2.75, 3.05) is 6.61 Å². The van der Waals surface area contributed by atoms with Gasteiger partial charge >= 0.3 is 0 Å². The topological polar surface area (TPSA) is 68.2 Å². The van der Waals surface area contributed by atoms with E-state index in [4.69, 9.17) is 0 Å². The van der Waals surface area contributed by atoms with Crippen LogP contribution < -0.4 is 4.72 Å². The Kier molecular flexibility index (Phi) is 6.07. The van der Waals surface area contributed by atoms with Crippen molar-refractivity contribution in [1.82, 2.24) is 9.71 Å². The second-order valence-corrected chi connectivity index (χ2v) is 7.30. The molecule has 18 heavy (non-hydrogen) atoms. The van der Waals surface area contributed by atoms with Crippen LogP contribution >= 0.6 is 15.9 Å². The Hall–Kier alpha value is -0.140. The number of aromatic nitrogens is 1. The smallest absolute Gasteiger partial charge is 0.129 e. The molecular weight excluding hydrogens is 316 g/mol. The normalized spacial score (nSPS) is 16.6. The summed E-state index contributed by atoms with van der Waals surface area (Å²) in [4.78, 5) is 4.12. The van der Waals surface area contributed by atoms with Crippen molar-refractivity contribution >= 4 is 27.3 Å². The van der Waals surface area contributed by atoms with E-state index in [0.29, 0.717) is 6.42 Å². The number of nitrogens with one attached hydrogen (secondary N) is 1. The summed E-state index contributed by atoms with van der Waals surface area (Å²) in [6.07, 6.45) is 3.90. The molecule has 0 bridgehead atoms. The van der Waals surface area contributed by atoms with Crippen molar-refractivity contribution in [3.8, 4) is 0 Å². The first-order chi connectivity index (χ1) is 8.39. The van der Waals surface area contributed by atoms with E-state index in [0.717, 1.165) is 10.0 Å². The average Bonchev–Trinajstić information content (AvgIpc) is 2.29. The molecule has 0 spiro atoms. The zero-order valence-electron chi connectivity index (χ0n) is 10.8.